The van der Waals surface area contributed by atoms with Crippen molar-refractivity contribution in [1.29, 1.82) is 0 Å². The number of hydrogen-bond acceptors (Lipinski definition) is 4. The molecule has 2 aromatic carbocycles. The Kier molecular flexibility index (Phi) is 4.25. The molecule has 2 aromatic rings. The van der Waals surface area contributed by atoms with Gasteiger partial charge in [0.05, 0.1) is 18.2 Å². The first-order valence-electron chi connectivity index (χ1n) is 6.14. The fourth-order valence-corrected chi connectivity index (χ4v) is 1.76. The third kappa shape index (κ3) is 3.49. The summed E-state index contributed by atoms with van der Waals surface area (Å²) in [4.78, 5) is 11.5. The SMILES string of the molecule is COC(=O)c1cc(Oc2cccc(C(F)(F)F)c2)ccc1N. The summed E-state index contributed by atoms with van der Waals surface area (Å²) >= 11 is 0. The molecule has 0 aromatic heterocycles. The Labute approximate surface area is 124 Å². The monoisotopic (exact) mass is 311 g/mol. The van der Waals surface area contributed by atoms with E-state index in [2.05, 4.69) is 4.74 Å². The van der Waals surface area contributed by atoms with Crippen molar-refractivity contribution in [2.75, 3.05) is 12.8 Å². The predicted molar refractivity (Wildman–Crippen MR) is 73.7 cm³/mol. The summed E-state index contributed by atoms with van der Waals surface area (Å²) in [6.45, 7) is 0. The largest absolute Gasteiger partial charge is 0.465 e. The zero-order valence-corrected chi connectivity index (χ0v) is 11.5. The normalized spacial score (nSPS) is 11.1. The maximum Gasteiger partial charge on any atom is 0.416 e. The number of methoxy groups -OCH3 is 1. The van der Waals surface area contributed by atoms with Crippen LogP contribution in [0.1, 0.15) is 15.9 Å². The molecule has 4 nitrogen and oxygen atoms in total. The van der Waals surface area contributed by atoms with E-state index in [4.69, 9.17) is 10.5 Å². The molecule has 0 aliphatic carbocycles. The zero-order valence-electron chi connectivity index (χ0n) is 11.5. The number of benzene rings is 2. The molecular weight excluding hydrogens is 299 g/mol. The van der Waals surface area contributed by atoms with Gasteiger partial charge in [0.2, 0.25) is 0 Å². The second-order valence-corrected chi connectivity index (χ2v) is 4.37. The number of carbonyl (C=O) groups is 1. The first-order valence-corrected chi connectivity index (χ1v) is 6.14. The number of ether oxygens (including phenoxy) is 2. The van der Waals surface area contributed by atoms with Crippen molar-refractivity contribution in [3.63, 3.8) is 0 Å². The Hall–Kier alpha value is -2.70. The molecule has 0 radical (unpaired) electrons. The minimum absolute atomic E-state index is 0.00425. The lowest BCUT2D eigenvalue weighted by molar-refractivity contribution is -0.137. The molecule has 0 fully saturated rings. The van der Waals surface area contributed by atoms with Gasteiger partial charge in [-0.05, 0) is 36.4 Å². The Balaban J connectivity index is 2.30. The van der Waals surface area contributed by atoms with Crippen molar-refractivity contribution in [1.82, 2.24) is 0 Å². The van der Waals surface area contributed by atoms with E-state index in [1.807, 2.05) is 0 Å². The molecule has 2 rings (SSSR count). The minimum Gasteiger partial charge on any atom is -0.465 e. The van der Waals surface area contributed by atoms with Crippen LogP contribution in [0.5, 0.6) is 11.5 Å². The van der Waals surface area contributed by atoms with Gasteiger partial charge in [-0.1, -0.05) is 6.07 Å². The smallest absolute Gasteiger partial charge is 0.416 e. The number of halogens is 3. The van der Waals surface area contributed by atoms with Crippen LogP contribution in [0.3, 0.4) is 0 Å². The lowest BCUT2D eigenvalue weighted by atomic mass is 10.1. The summed E-state index contributed by atoms with van der Waals surface area (Å²) in [5.41, 5.74) is 5.07. The van der Waals surface area contributed by atoms with Gasteiger partial charge in [0.15, 0.2) is 0 Å². The summed E-state index contributed by atoms with van der Waals surface area (Å²) in [5, 5.41) is 0. The third-order valence-electron chi connectivity index (χ3n) is 2.83. The van der Waals surface area contributed by atoms with Gasteiger partial charge >= 0.3 is 12.1 Å². The molecule has 0 aliphatic heterocycles. The Bertz CT molecular complexity index is 699. The van der Waals surface area contributed by atoms with Gasteiger partial charge in [-0.15, -0.1) is 0 Å². The Morgan fingerprint density at radius 3 is 2.41 bits per heavy atom. The van der Waals surface area contributed by atoms with E-state index in [1.54, 1.807) is 0 Å². The molecule has 2 N–H and O–H groups in total. The quantitative estimate of drug-likeness (QED) is 0.690. The molecule has 0 heterocycles. The molecule has 0 atom stereocenters. The first kappa shape index (κ1) is 15.7. The molecule has 0 aliphatic rings. The highest BCUT2D eigenvalue weighted by atomic mass is 19.4. The van der Waals surface area contributed by atoms with Crippen molar-refractivity contribution < 1.29 is 27.4 Å². The lowest BCUT2D eigenvalue weighted by Gasteiger charge is -2.11. The standard InChI is InChI=1S/C15H12F3NO3/c1-21-14(20)12-8-11(5-6-13(12)19)22-10-4-2-3-9(7-10)15(16,17)18/h2-8H,19H2,1H3. The average Bonchev–Trinajstić information content (AvgIpc) is 2.48. The van der Waals surface area contributed by atoms with Gasteiger partial charge in [-0.2, -0.15) is 13.2 Å². The number of nitrogen functional groups attached to an aromatic ring is 1. The van der Waals surface area contributed by atoms with Crippen LogP contribution in [0.25, 0.3) is 0 Å². The number of anilines is 1. The van der Waals surface area contributed by atoms with E-state index < -0.39 is 17.7 Å². The van der Waals surface area contributed by atoms with Crippen molar-refractivity contribution in [2.24, 2.45) is 0 Å². The van der Waals surface area contributed by atoms with Gasteiger partial charge in [0.1, 0.15) is 11.5 Å². The molecule has 7 heteroatoms. The maximum atomic E-state index is 12.6. The molecule has 0 saturated heterocycles. The fraction of sp³-hybridized carbons (Fsp3) is 0.133. The van der Waals surface area contributed by atoms with Crippen molar-refractivity contribution in [3.05, 3.63) is 53.6 Å². The Morgan fingerprint density at radius 2 is 1.77 bits per heavy atom. The summed E-state index contributed by atoms with van der Waals surface area (Å²) in [6, 6.07) is 8.59. The van der Waals surface area contributed by atoms with Gasteiger partial charge in [0.25, 0.3) is 0 Å². The molecule has 0 spiro atoms. The maximum absolute atomic E-state index is 12.6. The van der Waals surface area contributed by atoms with Crippen LogP contribution in [-0.2, 0) is 10.9 Å². The summed E-state index contributed by atoms with van der Waals surface area (Å²) in [7, 11) is 1.20. The molecule has 116 valence electrons. The highest BCUT2D eigenvalue weighted by Gasteiger charge is 2.30. The van der Waals surface area contributed by atoms with Crippen LogP contribution in [0.2, 0.25) is 0 Å². The van der Waals surface area contributed by atoms with E-state index in [1.165, 1.54) is 37.4 Å². The van der Waals surface area contributed by atoms with Crippen LogP contribution >= 0.6 is 0 Å². The average molecular weight is 311 g/mol. The molecular formula is C15H12F3NO3. The number of hydrogen-bond donors (Lipinski definition) is 1. The van der Waals surface area contributed by atoms with Gasteiger partial charge in [-0.25, -0.2) is 4.79 Å². The van der Waals surface area contributed by atoms with Gasteiger partial charge < -0.3 is 15.2 Å². The van der Waals surface area contributed by atoms with Crippen LogP contribution in [0.15, 0.2) is 42.5 Å². The summed E-state index contributed by atoms with van der Waals surface area (Å²) in [5.74, 6) is -0.490. The van der Waals surface area contributed by atoms with Crippen molar-refractivity contribution in [3.8, 4) is 11.5 Å². The second-order valence-electron chi connectivity index (χ2n) is 4.37. The summed E-state index contributed by atoms with van der Waals surface area (Å²) < 4.78 is 47.8. The second kappa shape index (κ2) is 5.97. The van der Waals surface area contributed by atoms with Crippen LogP contribution < -0.4 is 10.5 Å². The third-order valence-corrected chi connectivity index (χ3v) is 2.83. The van der Waals surface area contributed by atoms with Crippen LogP contribution in [0.4, 0.5) is 18.9 Å². The number of rotatable bonds is 3. The lowest BCUT2D eigenvalue weighted by Crippen LogP contribution is -2.06. The number of esters is 1. The Morgan fingerprint density at radius 1 is 1.09 bits per heavy atom. The molecule has 0 amide bonds. The first-order chi connectivity index (χ1) is 10.3. The van der Waals surface area contributed by atoms with Gasteiger partial charge in [-0.3, -0.25) is 0 Å². The topological polar surface area (TPSA) is 61.5 Å². The van der Waals surface area contributed by atoms with E-state index in [-0.39, 0.29) is 22.7 Å². The van der Waals surface area contributed by atoms with Crippen LogP contribution in [0, 0.1) is 0 Å². The number of nitrogens with two attached hydrogens (primary N) is 1. The number of alkyl halides is 3. The highest BCUT2D eigenvalue weighted by molar-refractivity contribution is 5.95. The van der Waals surface area contributed by atoms with Crippen LogP contribution in [-0.4, -0.2) is 13.1 Å². The summed E-state index contributed by atoms with van der Waals surface area (Å²) in [6.07, 6.45) is -4.46. The minimum atomic E-state index is -4.46. The predicted octanol–water partition coefficient (Wildman–Crippen LogP) is 3.87. The zero-order chi connectivity index (χ0) is 16.3. The van der Waals surface area contributed by atoms with Crippen molar-refractivity contribution in [2.45, 2.75) is 6.18 Å². The van der Waals surface area contributed by atoms with Crippen molar-refractivity contribution >= 4 is 11.7 Å². The fourth-order valence-electron chi connectivity index (χ4n) is 1.76. The molecule has 0 unspecified atom stereocenters. The van der Waals surface area contributed by atoms with E-state index in [9.17, 15) is 18.0 Å². The molecule has 22 heavy (non-hydrogen) atoms. The van der Waals surface area contributed by atoms with E-state index >= 15 is 0 Å². The van der Waals surface area contributed by atoms with Gasteiger partial charge in [0, 0.05) is 5.69 Å². The molecule has 0 saturated carbocycles. The number of carbonyl (C=O) groups excluding carboxylic acids is 1. The molecule has 0 bridgehead atoms. The van der Waals surface area contributed by atoms with E-state index in [0.29, 0.717) is 0 Å². The van der Waals surface area contributed by atoms with E-state index in [0.717, 1.165) is 12.1 Å². The highest BCUT2D eigenvalue weighted by Crippen LogP contribution is 2.33.